The van der Waals surface area contributed by atoms with Crippen molar-refractivity contribution in [1.29, 1.82) is 0 Å². The van der Waals surface area contributed by atoms with Crippen LogP contribution in [-0.2, 0) is 14.6 Å². The minimum atomic E-state index is -2.99. The Hall–Kier alpha value is -1.12. The third-order valence-corrected chi connectivity index (χ3v) is 7.97. The molecule has 2 unspecified atom stereocenters. The van der Waals surface area contributed by atoms with Gasteiger partial charge in [0.2, 0.25) is 5.91 Å². The van der Waals surface area contributed by atoms with Crippen LogP contribution in [-0.4, -0.2) is 54.1 Å². The number of carbonyl (C=O) groups is 1. The molecule has 0 spiro atoms. The average molecular weight is 371 g/mol. The van der Waals surface area contributed by atoms with Gasteiger partial charge >= 0.3 is 0 Å². The van der Waals surface area contributed by atoms with Gasteiger partial charge in [0, 0.05) is 13.1 Å². The zero-order valence-electron chi connectivity index (χ0n) is 12.9. The fraction of sp³-hybridized carbons (Fsp3) is 0.467. The monoisotopic (exact) mass is 370 g/mol. The molecular formula is C15H18N2O3S3. The second kappa shape index (κ2) is 6.41. The van der Waals surface area contributed by atoms with Crippen molar-refractivity contribution < 1.29 is 13.2 Å². The minimum absolute atomic E-state index is 0.0450. The second-order valence-corrected chi connectivity index (χ2v) is 10.6. The van der Waals surface area contributed by atoms with E-state index in [9.17, 15) is 13.2 Å². The predicted molar refractivity (Wildman–Crippen MR) is 94.8 cm³/mol. The molecule has 3 rings (SSSR count). The predicted octanol–water partition coefficient (Wildman–Crippen LogP) is 2.42. The van der Waals surface area contributed by atoms with Gasteiger partial charge in [-0.15, -0.1) is 11.3 Å². The van der Waals surface area contributed by atoms with Crippen LogP contribution in [0.3, 0.4) is 0 Å². The summed E-state index contributed by atoms with van der Waals surface area (Å²) in [5.41, 5.74) is 0.940. The number of fused-ring (bicyclic) bond motifs is 1. The fourth-order valence-electron chi connectivity index (χ4n) is 2.65. The Kier molecular flexibility index (Phi) is 4.66. The molecule has 1 aromatic heterocycles. The molecule has 1 fully saturated rings. The summed E-state index contributed by atoms with van der Waals surface area (Å²) in [6, 6.07) is 7.68. The van der Waals surface area contributed by atoms with E-state index in [4.69, 9.17) is 0 Å². The molecule has 0 saturated carbocycles. The number of nitrogens with zero attached hydrogens (tertiary/aromatic N) is 2. The minimum Gasteiger partial charge on any atom is -0.341 e. The Bertz CT molecular complexity index is 798. The van der Waals surface area contributed by atoms with E-state index in [0.29, 0.717) is 6.42 Å². The van der Waals surface area contributed by atoms with Crippen LogP contribution in [0.1, 0.15) is 13.3 Å². The molecule has 0 N–H and O–H groups in total. The molecular weight excluding hydrogens is 352 g/mol. The molecule has 2 atom stereocenters. The van der Waals surface area contributed by atoms with E-state index in [1.165, 1.54) is 11.8 Å². The van der Waals surface area contributed by atoms with Crippen LogP contribution in [0.5, 0.6) is 0 Å². The van der Waals surface area contributed by atoms with Crippen LogP contribution < -0.4 is 0 Å². The Balaban J connectivity index is 1.67. The maximum atomic E-state index is 12.5. The first-order valence-electron chi connectivity index (χ1n) is 7.35. The van der Waals surface area contributed by atoms with Gasteiger partial charge in [0.1, 0.15) is 0 Å². The van der Waals surface area contributed by atoms with Crippen molar-refractivity contribution in [2.45, 2.75) is 29.0 Å². The van der Waals surface area contributed by atoms with Crippen molar-refractivity contribution >= 4 is 49.1 Å². The second-order valence-electron chi connectivity index (χ2n) is 5.71. The quantitative estimate of drug-likeness (QED) is 0.773. The van der Waals surface area contributed by atoms with Gasteiger partial charge in [-0.1, -0.05) is 23.9 Å². The van der Waals surface area contributed by atoms with E-state index in [2.05, 4.69) is 4.98 Å². The first kappa shape index (κ1) is 16.7. The van der Waals surface area contributed by atoms with Gasteiger partial charge in [0.05, 0.1) is 27.0 Å². The summed E-state index contributed by atoms with van der Waals surface area (Å²) < 4.78 is 25.1. The standard InChI is InChI=1S/C15H18N2O3S3/c1-10(14(18)17(2)11-7-8-23(19,20)9-11)21-15-16-12-5-3-4-6-13(12)22-15/h3-6,10-11H,7-9H2,1-2H3. The SMILES string of the molecule is CC(Sc1nc2ccccc2s1)C(=O)N(C)C1CCS(=O)(=O)C1. The van der Waals surface area contributed by atoms with E-state index >= 15 is 0 Å². The lowest BCUT2D eigenvalue weighted by molar-refractivity contribution is -0.130. The summed E-state index contributed by atoms with van der Waals surface area (Å²) in [5.74, 6) is 0.207. The first-order chi connectivity index (χ1) is 10.9. The number of thioether (sulfide) groups is 1. The molecule has 0 radical (unpaired) electrons. The smallest absolute Gasteiger partial charge is 0.235 e. The fourth-order valence-corrected chi connectivity index (χ4v) is 6.74. The highest BCUT2D eigenvalue weighted by atomic mass is 32.2. The summed E-state index contributed by atoms with van der Waals surface area (Å²) >= 11 is 3.00. The molecule has 1 aliphatic heterocycles. The lowest BCUT2D eigenvalue weighted by atomic mass is 10.2. The number of aromatic nitrogens is 1. The van der Waals surface area contributed by atoms with Gasteiger partial charge in [-0.2, -0.15) is 0 Å². The highest BCUT2D eigenvalue weighted by Gasteiger charge is 2.34. The Morgan fingerprint density at radius 2 is 2.17 bits per heavy atom. The Morgan fingerprint density at radius 1 is 1.43 bits per heavy atom. The molecule has 124 valence electrons. The number of benzene rings is 1. The van der Waals surface area contributed by atoms with Crippen molar-refractivity contribution in [3.8, 4) is 0 Å². The van der Waals surface area contributed by atoms with E-state index in [1.807, 2.05) is 31.2 Å². The van der Waals surface area contributed by atoms with Crippen LogP contribution in [0.15, 0.2) is 28.6 Å². The van der Waals surface area contributed by atoms with Crippen LogP contribution in [0.4, 0.5) is 0 Å². The summed E-state index contributed by atoms with van der Waals surface area (Å²) in [6.07, 6.45) is 0.531. The van der Waals surface area contributed by atoms with Crippen LogP contribution >= 0.6 is 23.1 Å². The van der Waals surface area contributed by atoms with Crippen molar-refractivity contribution in [3.05, 3.63) is 24.3 Å². The molecule has 1 aromatic carbocycles. The molecule has 1 saturated heterocycles. The molecule has 0 bridgehead atoms. The van der Waals surface area contributed by atoms with Crippen LogP contribution in [0.25, 0.3) is 10.2 Å². The van der Waals surface area contributed by atoms with Gasteiger partial charge in [-0.05, 0) is 25.5 Å². The van der Waals surface area contributed by atoms with Gasteiger partial charge in [0.25, 0.3) is 0 Å². The number of sulfone groups is 1. The van der Waals surface area contributed by atoms with E-state index in [1.54, 1.807) is 23.3 Å². The molecule has 2 heterocycles. The highest BCUT2D eigenvalue weighted by Crippen LogP contribution is 2.32. The molecule has 0 aliphatic carbocycles. The van der Waals surface area contributed by atoms with Gasteiger partial charge in [-0.3, -0.25) is 4.79 Å². The molecule has 1 aliphatic rings. The third kappa shape index (κ3) is 3.70. The summed E-state index contributed by atoms with van der Waals surface area (Å²) in [6.45, 7) is 1.85. The number of thiazole rings is 1. The number of carbonyl (C=O) groups excluding carboxylic acids is 1. The van der Waals surface area contributed by atoms with Gasteiger partial charge < -0.3 is 4.90 Å². The zero-order chi connectivity index (χ0) is 16.6. The first-order valence-corrected chi connectivity index (χ1v) is 10.9. The van der Waals surface area contributed by atoms with E-state index in [0.717, 1.165) is 14.6 Å². The maximum absolute atomic E-state index is 12.5. The lowest BCUT2D eigenvalue weighted by Gasteiger charge is -2.25. The molecule has 8 heteroatoms. The summed E-state index contributed by atoms with van der Waals surface area (Å²) in [4.78, 5) is 18.7. The van der Waals surface area contributed by atoms with Crippen molar-refractivity contribution in [2.24, 2.45) is 0 Å². The van der Waals surface area contributed by atoms with Crippen molar-refractivity contribution in [2.75, 3.05) is 18.6 Å². The van der Waals surface area contributed by atoms with E-state index in [-0.39, 0.29) is 28.7 Å². The van der Waals surface area contributed by atoms with Crippen LogP contribution in [0, 0.1) is 0 Å². The number of para-hydroxylation sites is 1. The Labute approximate surface area is 144 Å². The molecule has 1 amide bonds. The lowest BCUT2D eigenvalue weighted by Crippen LogP contribution is -2.41. The van der Waals surface area contributed by atoms with Gasteiger partial charge in [0.15, 0.2) is 14.2 Å². The van der Waals surface area contributed by atoms with Crippen molar-refractivity contribution in [3.63, 3.8) is 0 Å². The number of hydrogen-bond donors (Lipinski definition) is 0. The number of hydrogen-bond acceptors (Lipinski definition) is 6. The highest BCUT2D eigenvalue weighted by molar-refractivity contribution is 8.02. The summed E-state index contributed by atoms with van der Waals surface area (Å²) in [5, 5.41) is -0.288. The van der Waals surface area contributed by atoms with Crippen LogP contribution in [0.2, 0.25) is 0 Å². The van der Waals surface area contributed by atoms with Gasteiger partial charge in [-0.25, -0.2) is 13.4 Å². The maximum Gasteiger partial charge on any atom is 0.235 e. The topological polar surface area (TPSA) is 67.3 Å². The molecule has 23 heavy (non-hydrogen) atoms. The zero-order valence-corrected chi connectivity index (χ0v) is 15.4. The number of amides is 1. The Morgan fingerprint density at radius 3 is 2.83 bits per heavy atom. The van der Waals surface area contributed by atoms with E-state index < -0.39 is 9.84 Å². The van der Waals surface area contributed by atoms with Crippen molar-refractivity contribution in [1.82, 2.24) is 9.88 Å². The largest absolute Gasteiger partial charge is 0.341 e. The molecule has 2 aromatic rings. The third-order valence-electron chi connectivity index (χ3n) is 4.00. The molecule has 5 nitrogen and oxygen atoms in total. The summed E-state index contributed by atoms with van der Waals surface area (Å²) in [7, 11) is -1.29. The number of rotatable bonds is 4. The average Bonchev–Trinajstić information content (AvgIpc) is 3.07. The normalized spacial score (nSPS) is 21.4.